The lowest BCUT2D eigenvalue weighted by Gasteiger charge is -2.24. The number of ether oxygens (including phenoxy) is 1. The van der Waals surface area contributed by atoms with Gasteiger partial charge in [0.2, 0.25) is 11.8 Å². The van der Waals surface area contributed by atoms with Crippen molar-refractivity contribution in [3.05, 3.63) is 30.1 Å². The van der Waals surface area contributed by atoms with Crippen molar-refractivity contribution in [3.63, 3.8) is 0 Å². The summed E-state index contributed by atoms with van der Waals surface area (Å²) >= 11 is 0. The first kappa shape index (κ1) is 17.0. The van der Waals surface area contributed by atoms with E-state index < -0.39 is 0 Å². The van der Waals surface area contributed by atoms with Gasteiger partial charge in [-0.05, 0) is 18.9 Å². The molecule has 4 rings (SSSR count). The Kier molecular flexibility index (Phi) is 4.16. The second-order valence-corrected chi connectivity index (χ2v) is 7.17. The van der Waals surface area contributed by atoms with Gasteiger partial charge in [-0.15, -0.1) is 0 Å². The molecule has 1 unspecified atom stereocenters. The zero-order valence-electron chi connectivity index (χ0n) is 15.0. The van der Waals surface area contributed by atoms with Crippen LogP contribution < -0.4 is 20.7 Å². The highest BCUT2D eigenvalue weighted by atomic mass is 16.5. The highest BCUT2D eigenvalue weighted by Gasteiger charge is 2.64. The highest BCUT2D eigenvalue weighted by molar-refractivity contribution is 5.57. The average molecular weight is 356 g/mol. The molecule has 2 fully saturated rings. The average Bonchev–Trinajstić information content (AvgIpc) is 2.97. The van der Waals surface area contributed by atoms with Gasteiger partial charge in [0.15, 0.2) is 0 Å². The van der Waals surface area contributed by atoms with E-state index in [2.05, 4.69) is 32.1 Å². The Morgan fingerprint density at radius 1 is 1.38 bits per heavy atom. The standard InChI is InChI=1S/C18H24N6O2/c1-11-7-21-17(22-13-3-4-15(20-8-13)26-6-5-25)23-16(11)24-9-14-12(2)18(14,19)10-24/h3-4,7-8,12,14,25H,5-6,9-10,19H2,1-2H3,(H,21,22,23)/t12-,14?,18+/m1/s1. The molecule has 0 bridgehead atoms. The van der Waals surface area contributed by atoms with E-state index in [0.717, 1.165) is 30.2 Å². The van der Waals surface area contributed by atoms with Crippen LogP contribution in [0.4, 0.5) is 17.5 Å². The third-order valence-corrected chi connectivity index (χ3v) is 5.49. The van der Waals surface area contributed by atoms with Gasteiger partial charge in [0.25, 0.3) is 0 Å². The molecule has 0 amide bonds. The number of nitrogens with zero attached hydrogens (tertiary/aromatic N) is 4. The summed E-state index contributed by atoms with van der Waals surface area (Å²) in [4.78, 5) is 15.5. The summed E-state index contributed by atoms with van der Waals surface area (Å²) < 4.78 is 5.26. The van der Waals surface area contributed by atoms with Crippen molar-refractivity contribution in [3.8, 4) is 5.88 Å². The minimum atomic E-state index is -0.0562. The molecular weight excluding hydrogens is 332 g/mol. The Labute approximate surface area is 152 Å². The first-order valence-electron chi connectivity index (χ1n) is 8.85. The van der Waals surface area contributed by atoms with Gasteiger partial charge < -0.3 is 25.8 Å². The van der Waals surface area contributed by atoms with Gasteiger partial charge in [-0.25, -0.2) is 9.97 Å². The van der Waals surface area contributed by atoms with Crippen molar-refractivity contribution in [2.75, 3.05) is 36.5 Å². The topological polar surface area (TPSA) is 109 Å². The van der Waals surface area contributed by atoms with Gasteiger partial charge in [-0.3, -0.25) is 0 Å². The molecule has 0 radical (unpaired) electrons. The normalized spacial score (nSPS) is 26.5. The van der Waals surface area contributed by atoms with Crippen LogP contribution in [0.1, 0.15) is 12.5 Å². The smallest absolute Gasteiger partial charge is 0.229 e. The van der Waals surface area contributed by atoms with Crippen molar-refractivity contribution >= 4 is 17.5 Å². The number of pyridine rings is 1. The van der Waals surface area contributed by atoms with Crippen molar-refractivity contribution in [2.45, 2.75) is 19.4 Å². The first-order chi connectivity index (χ1) is 12.5. The third kappa shape index (κ3) is 2.95. The number of hydrogen-bond donors (Lipinski definition) is 3. The summed E-state index contributed by atoms with van der Waals surface area (Å²) in [5.74, 6) is 3.08. The van der Waals surface area contributed by atoms with Crippen LogP contribution in [0.15, 0.2) is 24.5 Å². The number of aromatic nitrogens is 3. The van der Waals surface area contributed by atoms with E-state index in [1.165, 1.54) is 0 Å². The molecule has 1 aliphatic heterocycles. The number of rotatable bonds is 6. The van der Waals surface area contributed by atoms with Crippen molar-refractivity contribution in [1.29, 1.82) is 0 Å². The Hall–Kier alpha value is -2.45. The number of hydrogen-bond acceptors (Lipinski definition) is 8. The third-order valence-electron chi connectivity index (χ3n) is 5.49. The number of aliphatic hydroxyl groups excluding tert-OH is 1. The van der Waals surface area contributed by atoms with E-state index in [-0.39, 0.29) is 18.8 Å². The van der Waals surface area contributed by atoms with Crippen LogP contribution in [-0.2, 0) is 0 Å². The molecule has 8 heteroatoms. The second kappa shape index (κ2) is 6.37. The van der Waals surface area contributed by atoms with Crippen molar-refractivity contribution in [1.82, 2.24) is 15.0 Å². The van der Waals surface area contributed by atoms with Gasteiger partial charge in [-0.2, -0.15) is 4.98 Å². The van der Waals surface area contributed by atoms with E-state index in [4.69, 9.17) is 15.6 Å². The molecule has 0 spiro atoms. The van der Waals surface area contributed by atoms with Crippen molar-refractivity contribution in [2.24, 2.45) is 17.6 Å². The van der Waals surface area contributed by atoms with Crippen LogP contribution in [0.3, 0.4) is 0 Å². The molecule has 26 heavy (non-hydrogen) atoms. The minimum absolute atomic E-state index is 0.0398. The lowest BCUT2D eigenvalue weighted by atomic mass is 10.2. The Balaban J connectivity index is 1.46. The Bertz CT molecular complexity index is 799. The van der Waals surface area contributed by atoms with Crippen molar-refractivity contribution < 1.29 is 9.84 Å². The molecule has 1 aliphatic carbocycles. The molecule has 0 aromatic carbocycles. The van der Waals surface area contributed by atoms with Crippen LogP contribution in [0.25, 0.3) is 0 Å². The molecule has 138 valence electrons. The van der Waals surface area contributed by atoms with Gasteiger partial charge in [0.05, 0.1) is 18.5 Å². The van der Waals surface area contributed by atoms with Crippen LogP contribution in [-0.4, -0.2) is 51.9 Å². The molecule has 1 saturated heterocycles. The van der Waals surface area contributed by atoms with Gasteiger partial charge in [-0.1, -0.05) is 6.92 Å². The van der Waals surface area contributed by atoms with Gasteiger partial charge >= 0.3 is 0 Å². The van der Waals surface area contributed by atoms with Crippen LogP contribution in [0.2, 0.25) is 0 Å². The summed E-state index contributed by atoms with van der Waals surface area (Å²) in [5, 5.41) is 11.9. The summed E-state index contributed by atoms with van der Waals surface area (Å²) in [6, 6.07) is 3.57. The second-order valence-electron chi connectivity index (χ2n) is 7.17. The van der Waals surface area contributed by atoms with E-state index >= 15 is 0 Å². The van der Waals surface area contributed by atoms with Crippen LogP contribution in [0, 0.1) is 18.8 Å². The zero-order valence-corrected chi connectivity index (χ0v) is 15.0. The van der Waals surface area contributed by atoms with E-state index in [1.54, 1.807) is 12.3 Å². The lowest BCUT2D eigenvalue weighted by molar-refractivity contribution is 0.196. The molecule has 4 N–H and O–H groups in total. The molecule has 3 atom stereocenters. The fourth-order valence-corrected chi connectivity index (χ4v) is 3.77. The molecule has 8 nitrogen and oxygen atoms in total. The number of aliphatic hydroxyl groups is 1. The molecule has 3 heterocycles. The number of nitrogens with two attached hydrogens (primary N) is 1. The summed E-state index contributed by atoms with van der Waals surface area (Å²) in [6.45, 7) is 6.22. The molecule has 2 aromatic heterocycles. The number of nitrogens with one attached hydrogen (secondary N) is 1. The quantitative estimate of drug-likeness (QED) is 0.705. The Morgan fingerprint density at radius 2 is 2.23 bits per heavy atom. The summed E-state index contributed by atoms with van der Waals surface area (Å²) in [5.41, 5.74) is 8.20. The molecule has 2 aliphatic rings. The number of piperidine rings is 1. The zero-order chi connectivity index (χ0) is 18.3. The summed E-state index contributed by atoms with van der Waals surface area (Å²) in [6.07, 6.45) is 3.48. The monoisotopic (exact) mass is 356 g/mol. The Morgan fingerprint density at radius 3 is 2.88 bits per heavy atom. The van der Waals surface area contributed by atoms with Crippen LogP contribution in [0.5, 0.6) is 5.88 Å². The fourth-order valence-electron chi connectivity index (χ4n) is 3.77. The maximum Gasteiger partial charge on any atom is 0.229 e. The van der Waals surface area contributed by atoms with Gasteiger partial charge in [0, 0.05) is 42.4 Å². The van der Waals surface area contributed by atoms with E-state index in [0.29, 0.717) is 23.7 Å². The minimum Gasteiger partial charge on any atom is -0.475 e. The molecule has 1 saturated carbocycles. The SMILES string of the molecule is Cc1cnc(Nc2ccc(OCCO)nc2)nc1N1CC2[C@@H](C)[C@@]2(N)C1. The summed E-state index contributed by atoms with van der Waals surface area (Å²) in [7, 11) is 0. The van der Waals surface area contributed by atoms with E-state index in [1.807, 2.05) is 19.2 Å². The maximum atomic E-state index is 8.77. The predicted octanol–water partition coefficient (Wildman–Crippen LogP) is 1.08. The molecular formula is C18H24N6O2. The number of anilines is 3. The largest absolute Gasteiger partial charge is 0.475 e. The van der Waals surface area contributed by atoms with Gasteiger partial charge in [0.1, 0.15) is 12.4 Å². The fraction of sp³-hybridized carbons (Fsp3) is 0.500. The predicted molar refractivity (Wildman–Crippen MR) is 98.7 cm³/mol. The maximum absolute atomic E-state index is 8.77. The lowest BCUT2D eigenvalue weighted by Crippen LogP contribution is -2.36. The highest BCUT2D eigenvalue weighted by Crippen LogP contribution is 2.54. The van der Waals surface area contributed by atoms with E-state index in [9.17, 15) is 0 Å². The molecule has 2 aromatic rings. The number of aryl methyl sites for hydroxylation is 1. The first-order valence-corrected chi connectivity index (χ1v) is 8.85. The number of fused-ring (bicyclic) bond motifs is 1. The van der Waals surface area contributed by atoms with Crippen LogP contribution >= 0.6 is 0 Å².